The highest BCUT2D eigenvalue weighted by Crippen LogP contribution is 2.59. The molecule has 3 amide bonds. The number of nitrogens with zero attached hydrogens (tertiary/aromatic N) is 1. The number of nitrogens with one attached hydrogen (secondary N) is 3. The van der Waals surface area contributed by atoms with Crippen LogP contribution in [0.2, 0.25) is 0 Å². The third kappa shape index (κ3) is 5.49. The molecular formula is C40H52N6O3. The number of imidazole rings is 1. The summed E-state index contributed by atoms with van der Waals surface area (Å²) in [6, 6.07) is 11.7. The average Bonchev–Trinajstić information content (AvgIpc) is 3.58. The Morgan fingerprint density at radius 2 is 1.43 bits per heavy atom. The van der Waals surface area contributed by atoms with Crippen LogP contribution in [0.15, 0.2) is 48.9 Å². The van der Waals surface area contributed by atoms with Gasteiger partial charge in [-0.1, -0.05) is 52.7 Å². The number of carbonyl (C=O) groups excluding carboxylic acids is 3. The lowest BCUT2D eigenvalue weighted by Gasteiger charge is -2.56. The summed E-state index contributed by atoms with van der Waals surface area (Å²) < 4.78 is 0. The molecule has 7 rings (SSSR count). The molecule has 1 heterocycles. The minimum atomic E-state index is -0.718. The van der Waals surface area contributed by atoms with Crippen LogP contribution in [0.5, 0.6) is 0 Å². The van der Waals surface area contributed by atoms with Crippen LogP contribution in [0.3, 0.4) is 0 Å². The fraction of sp³-hybridized carbons (Fsp3) is 0.550. The van der Waals surface area contributed by atoms with Crippen LogP contribution in [-0.2, 0) is 44.5 Å². The van der Waals surface area contributed by atoms with Crippen LogP contribution in [0, 0.1) is 22.7 Å². The predicted molar refractivity (Wildman–Crippen MR) is 192 cm³/mol. The minimum absolute atomic E-state index is 0.0524. The van der Waals surface area contributed by atoms with E-state index >= 15 is 0 Å². The molecule has 4 aliphatic rings. The Bertz CT molecular complexity index is 1790. The van der Waals surface area contributed by atoms with Crippen LogP contribution >= 0.6 is 0 Å². The van der Waals surface area contributed by atoms with Gasteiger partial charge in [0.05, 0.1) is 23.2 Å². The molecule has 2 aromatic carbocycles. The second-order valence-electron chi connectivity index (χ2n) is 16.5. The third-order valence-corrected chi connectivity index (χ3v) is 13.6. The van der Waals surface area contributed by atoms with Gasteiger partial charge in [0.15, 0.2) is 0 Å². The van der Waals surface area contributed by atoms with Crippen molar-refractivity contribution in [3.8, 4) is 0 Å². The number of amides is 3. The second-order valence-corrected chi connectivity index (χ2v) is 16.5. The van der Waals surface area contributed by atoms with Crippen molar-refractivity contribution >= 4 is 29.1 Å². The molecular weight excluding hydrogens is 612 g/mol. The smallest absolute Gasteiger partial charge is 0.241 e. The van der Waals surface area contributed by atoms with Gasteiger partial charge >= 0.3 is 0 Å². The molecule has 9 heteroatoms. The van der Waals surface area contributed by atoms with Crippen molar-refractivity contribution in [2.24, 2.45) is 28.4 Å². The van der Waals surface area contributed by atoms with E-state index in [-0.39, 0.29) is 40.4 Å². The Labute approximate surface area is 289 Å². The van der Waals surface area contributed by atoms with Gasteiger partial charge in [0.1, 0.15) is 0 Å². The van der Waals surface area contributed by atoms with Gasteiger partial charge in [0.25, 0.3) is 0 Å². The van der Waals surface area contributed by atoms with Gasteiger partial charge in [0, 0.05) is 29.7 Å². The summed E-state index contributed by atoms with van der Waals surface area (Å²) in [4.78, 5) is 49.0. The number of hydrogen-bond acceptors (Lipinski definition) is 6. The number of benzene rings is 2. The van der Waals surface area contributed by atoms with Gasteiger partial charge in [0.2, 0.25) is 17.7 Å². The molecule has 2 fully saturated rings. The number of aromatic amines is 1. The molecule has 0 spiro atoms. The number of imide groups is 1. The number of nitrogen functional groups attached to an aromatic ring is 1. The topological polar surface area (TPSA) is 156 Å². The number of fused-ring (bicyclic) bond motifs is 6. The quantitative estimate of drug-likeness (QED) is 0.164. The molecule has 9 nitrogen and oxygen atoms in total. The molecule has 1 unspecified atom stereocenters. The van der Waals surface area contributed by atoms with Crippen molar-refractivity contribution in [3.63, 3.8) is 0 Å². The number of anilines is 2. The first-order valence-electron chi connectivity index (χ1n) is 18.2. The summed E-state index contributed by atoms with van der Waals surface area (Å²) in [5.74, 6) is -0.336. The zero-order chi connectivity index (χ0) is 34.8. The lowest BCUT2D eigenvalue weighted by molar-refractivity contribution is -0.150. The zero-order valence-electron chi connectivity index (χ0n) is 29.5. The number of hydrogen-bond donors (Lipinski definition) is 5. The molecule has 3 aromatic rings. The van der Waals surface area contributed by atoms with Crippen LogP contribution in [0.4, 0.5) is 11.4 Å². The maximum atomic E-state index is 14.5. The standard InChI is InChI=1S/C40H52N6O3/c1-37-15-5-17-39(3,32(37)13-9-24-7-11-26(41)19-29(24)37)35(48)46-36(49)40(4)18-6-16-38(2)30-20-27(12-8-25(30)10-14-33(38)40)45-34(47)31(42)21-28-22-43-23-44-28/h7-8,11-12,19-20,22-23,31-33H,5-6,9-10,13-18,21,41-42H2,1-4H3,(H,43,44)(H,45,47)(H,46,48,49)/t31-,32+,33?,37+,38+,39-,40-/m0/s1. The predicted octanol–water partition coefficient (Wildman–Crippen LogP) is 5.86. The Balaban J connectivity index is 1.10. The molecule has 0 saturated heterocycles. The molecule has 7 N–H and O–H groups in total. The van der Waals surface area contributed by atoms with Gasteiger partial charge < -0.3 is 21.8 Å². The molecule has 0 bridgehead atoms. The van der Waals surface area contributed by atoms with E-state index in [1.54, 1.807) is 12.5 Å². The summed E-state index contributed by atoms with van der Waals surface area (Å²) in [5.41, 5.74) is 18.0. The molecule has 2 saturated carbocycles. The zero-order valence-corrected chi connectivity index (χ0v) is 29.5. The number of aromatic nitrogens is 2. The maximum absolute atomic E-state index is 14.5. The Kier molecular flexibility index (Phi) is 8.28. The molecule has 7 atom stereocenters. The van der Waals surface area contributed by atoms with Crippen molar-refractivity contribution < 1.29 is 14.4 Å². The third-order valence-electron chi connectivity index (χ3n) is 13.6. The first kappa shape index (κ1) is 33.5. The number of nitrogens with two attached hydrogens (primary N) is 2. The van der Waals surface area contributed by atoms with E-state index in [0.717, 1.165) is 75.6 Å². The highest BCUT2D eigenvalue weighted by Gasteiger charge is 2.58. The number of rotatable bonds is 6. The molecule has 260 valence electrons. The van der Waals surface area contributed by atoms with Crippen molar-refractivity contribution in [2.75, 3.05) is 11.1 Å². The first-order chi connectivity index (χ1) is 23.3. The normalized spacial score (nSPS) is 32.4. The van der Waals surface area contributed by atoms with Gasteiger partial charge in [-0.25, -0.2) is 4.98 Å². The Morgan fingerprint density at radius 3 is 2.00 bits per heavy atom. The van der Waals surface area contributed by atoms with Crippen molar-refractivity contribution in [1.82, 2.24) is 15.3 Å². The lowest BCUT2D eigenvalue weighted by atomic mass is 9.49. The summed E-state index contributed by atoms with van der Waals surface area (Å²) in [6.45, 7) is 8.75. The summed E-state index contributed by atoms with van der Waals surface area (Å²) in [6.07, 6.45) is 12.5. The summed E-state index contributed by atoms with van der Waals surface area (Å²) in [7, 11) is 0. The Morgan fingerprint density at radius 1 is 0.857 bits per heavy atom. The van der Waals surface area contributed by atoms with Crippen LogP contribution in [0.1, 0.15) is 107 Å². The van der Waals surface area contributed by atoms with E-state index in [2.05, 4.69) is 72.6 Å². The highest BCUT2D eigenvalue weighted by molar-refractivity contribution is 6.01. The van der Waals surface area contributed by atoms with E-state index in [0.29, 0.717) is 12.1 Å². The van der Waals surface area contributed by atoms with Gasteiger partial charge in [-0.05, 0) is 121 Å². The van der Waals surface area contributed by atoms with Gasteiger partial charge in [-0.2, -0.15) is 0 Å². The number of H-pyrrole nitrogens is 1. The molecule has 0 radical (unpaired) electrons. The molecule has 1 aromatic heterocycles. The van der Waals surface area contributed by atoms with Gasteiger partial charge in [-0.3, -0.25) is 19.7 Å². The first-order valence-corrected chi connectivity index (χ1v) is 18.2. The monoisotopic (exact) mass is 664 g/mol. The van der Waals surface area contributed by atoms with Crippen LogP contribution < -0.4 is 22.1 Å². The number of aryl methyl sites for hydroxylation is 2. The van der Waals surface area contributed by atoms with E-state index in [4.69, 9.17) is 11.5 Å². The van der Waals surface area contributed by atoms with Crippen molar-refractivity contribution in [3.05, 3.63) is 76.9 Å². The summed E-state index contributed by atoms with van der Waals surface area (Å²) >= 11 is 0. The average molecular weight is 665 g/mol. The maximum Gasteiger partial charge on any atom is 0.241 e. The van der Waals surface area contributed by atoms with Gasteiger partial charge in [-0.15, -0.1) is 0 Å². The molecule has 49 heavy (non-hydrogen) atoms. The van der Waals surface area contributed by atoms with Crippen LogP contribution in [-0.4, -0.2) is 33.7 Å². The van der Waals surface area contributed by atoms with E-state index in [1.807, 2.05) is 12.1 Å². The van der Waals surface area contributed by atoms with Crippen LogP contribution in [0.25, 0.3) is 0 Å². The largest absolute Gasteiger partial charge is 0.399 e. The highest BCUT2D eigenvalue weighted by atomic mass is 16.2. The second kappa shape index (κ2) is 12.1. The van der Waals surface area contributed by atoms with E-state index < -0.39 is 16.9 Å². The lowest BCUT2D eigenvalue weighted by Crippen LogP contribution is -2.60. The molecule has 0 aliphatic heterocycles. The Hall–Kier alpha value is -3.98. The van der Waals surface area contributed by atoms with Crippen molar-refractivity contribution in [1.29, 1.82) is 0 Å². The molecule has 4 aliphatic carbocycles. The SMILES string of the molecule is C[C@]1(C(=O)NC(=O)[C@@]2(C)CCC[C@]3(C)c4cc(N)ccc4CC[C@@H]23)CCC[C@]2(C)c3cc(NC(=O)[C@@H](N)Cc4cnc[nH]4)ccc3CCC12. The number of carbonyl (C=O) groups is 3. The van der Waals surface area contributed by atoms with Crippen molar-refractivity contribution in [2.45, 2.75) is 115 Å². The summed E-state index contributed by atoms with van der Waals surface area (Å²) in [5, 5.41) is 6.08. The minimum Gasteiger partial charge on any atom is -0.399 e. The fourth-order valence-electron chi connectivity index (χ4n) is 10.9. The fourth-order valence-corrected chi connectivity index (χ4v) is 10.9. The van der Waals surface area contributed by atoms with E-state index in [1.165, 1.54) is 22.3 Å². The van der Waals surface area contributed by atoms with E-state index in [9.17, 15) is 14.4 Å².